The van der Waals surface area contributed by atoms with E-state index in [0.29, 0.717) is 6.54 Å². The summed E-state index contributed by atoms with van der Waals surface area (Å²) in [6, 6.07) is 18.1. The average Bonchev–Trinajstić information content (AvgIpc) is 2.80. The molecule has 172 valence electrons. The Labute approximate surface area is 191 Å². The zero-order valence-corrected chi connectivity index (χ0v) is 19.3. The highest BCUT2D eigenvalue weighted by Gasteiger charge is 2.23. The third-order valence-electron chi connectivity index (χ3n) is 6.16. The summed E-state index contributed by atoms with van der Waals surface area (Å²) in [7, 11) is 0. The molecule has 0 saturated carbocycles. The largest absolute Gasteiger partial charge is 0.379 e. The lowest BCUT2D eigenvalue weighted by Gasteiger charge is -2.35. The summed E-state index contributed by atoms with van der Waals surface area (Å²) in [5.41, 5.74) is 2.89. The summed E-state index contributed by atoms with van der Waals surface area (Å²) in [4.78, 5) is 20.1. The number of anilines is 1. The molecule has 2 aromatic rings. The summed E-state index contributed by atoms with van der Waals surface area (Å²) >= 11 is 0. The normalized spacial score (nSPS) is 22.6. The van der Waals surface area contributed by atoms with E-state index in [1.807, 2.05) is 47.4 Å². The van der Waals surface area contributed by atoms with Crippen LogP contribution in [-0.4, -0.2) is 80.4 Å². The second-order valence-corrected chi connectivity index (χ2v) is 8.89. The Hall–Kier alpha value is -2.25. The molecule has 0 N–H and O–H groups in total. The van der Waals surface area contributed by atoms with E-state index in [-0.39, 0.29) is 18.1 Å². The van der Waals surface area contributed by atoms with Crippen molar-refractivity contribution in [2.45, 2.75) is 32.6 Å². The Morgan fingerprint density at radius 2 is 1.59 bits per heavy atom. The van der Waals surface area contributed by atoms with Crippen molar-refractivity contribution < 1.29 is 14.3 Å². The highest BCUT2D eigenvalue weighted by Crippen LogP contribution is 2.19. The molecule has 2 aliphatic rings. The molecule has 0 spiro atoms. The SMILES string of the molecule is CC1CN(Cc2ccc(C(=O)N(CCN3CCOCC3)c3ccccc3)cc2)CC(C)O1. The third kappa shape index (κ3) is 6.17. The summed E-state index contributed by atoms with van der Waals surface area (Å²) < 4.78 is 11.3. The Bertz CT molecular complexity index is 842. The predicted octanol–water partition coefficient (Wildman–Crippen LogP) is 3.27. The van der Waals surface area contributed by atoms with Gasteiger partial charge in [-0.05, 0) is 43.7 Å². The van der Waals surface area contributed by atoms with E-state index in [0.717, 1.165) is 63.7 Å². The highest BCUT2D eigenvalue weighted by molar-refractivity contribution is 6.06. The number of carbonyl (C=O) groups excluding carboxylic acids is 1. The first kappa shape index (κ1) is 22.9. The minimum Gasteiger partial charge on any atom is -0.379 e. The minimum absolute atomic E-state index is 0.0460. The molecule has 6 nitrogen and oxygen atoms in total. The van der Waals surface area contributed by atoms with Gasteiger partial charge in [-0.2, -0.15) is 0 Å². The third-order valence-corrected chi connectivity index (χ3v) is 6.16. The van der Waals surface area contributed by atoms with E-state index in [2.05, 4.69) is 35.8 Å². The molecule has 0 bridgehead atoms. The van der Waals surface area contributed by atoms with Gasteiger partial charge in [0.05, 0.1) is 25.4 Å². The molecule has 2 unspecified atom stereocenters. The van der Waals surface area contributed by atoms with Crippen LogP contribution in [0.25, 0.3) is 0 Å². The molecule has 0 radical (unpaired) electrons. The Morgan fingerprint density at radius 1 is 0.938 bits per heavy atom. The number of para-hydroxylation sites is 1. The lowest BCUT2D eigenvalue weighted by atomic mass is 10.1. The fourth-order valence-corrected chi connectivity index (χ4v) is 4.60. The molecular formula is C26H35N3O3. The van der Waals surface area contributed by atoms with Crippen LogP contribution < -0.4 is 4.90 Å². The number of hydrogen-bond acceptors (Lipinski definition) is 5. The highest BCUT2D eigenvalue weighted by atomic mass is 16.5. The average molecular weight is 438 g/mol. The Kier molecular flexibility index (Phi) is 7.92. The lowest BCUT2D eigenvalue weighted by molar-refractivity contribution is -0.0704. The molecular weight excluding hydrogens is 402 g/mol. The molecule has 2 fully saturated rings. The number of morpholine rings is 2. The minimum atomic E-state index is 0.0460. The van der Waals surface area contributed by atoms with E-state index in [1.165, 1.54) is 5.56 Å². The first-order valence-electron chi connectivity index (χ1n) is 11.7. The van der Waals surface area contributed by atoms with Gasteiger partial charge in [0.25, 0.3) is 5.91 Å². The van der Waals surface area contributed by atoms with E-state index in [4.69, 9.17) is 9.47 Å². The standard InChI is InChI=1S/C26H35N3O3/c1-21-18-28(19-22(2)32-21)20-23-8-10-24(11-9-23)26(30)29(25-6-4-3-5-7-25)13-12-27-14-16-31-17-15-27/h3-11,21-22H,12-20H2,1-2H3. The van der Waals surface area contributed by atoms with E-state index in [9.17, 15) is 4.79 Å². The number of nitrogens with zero attached hydrogens (tertiary/aromatic N) is 3. The first-order chi connectivity index (χ1) is 15.6. The van der Waals surface area contributed by atoms with E-state index < -0.39 is 0 Å². The van der Waals surface area contributed by atoms with Crippen molar-refractivity contribution in [3.05, 3.63) is 65.7 Å². The van der Waals surface area contributed by atoms with Crippen molar-refractivity contribution in [2.75, 3.05) is 57.4 Å². The van der Waals surface area contributed by atoms with Crippen molar-refractivity contribution in [3.63, 3.8) is 0 Å². The van der Waals surface area contributed by atoms with Gasteiger partial charge in [-0.25, -0.2) is 0 Å². The van der Waals surface area contributed by atoms with Crippen LogP contribution in [0.1, 0.15) is 29.8 Å². The molecule has 2 heterocycles. The zero-order valence-electron chi connectivity index (χ0n) is 19.3. The van der Waals surface area contributed by atoms with Gasteiger partial charge in [-0.15, -0.1) is 0 Å². The molecule has 2 aromatic carbocycles. The van der Waals surface area contributed by atoms with Gasteiger partial charge < -0.3 is 14.4 Å². The molecule has 2 aliphatic heterocycles. The molecule has 2 saturated heterocycles. The van der Waals surface area contributed by atoms with Crippen LogP contribution in [-0.2, 0) is 16.0 Å². The second-order valence-electron chi connectivity index (χ2n) is 8.89. The number of rotatable bonds is 7. The maximum Gasteiger partial charge on any atom is 0.258 e. The van der Waals surface area contributed by atoms with Crippen molar-refractivity contribution in [1.82, 2.24) is 9.80 Å². The summed E-state index contributed by atoms with van der Waals surface area (Å²) in [5, 5.41) is 0. The number of carbonyl (C=O) groups is 1. The summed E-state index contributed by atoms with van der Waals surface area (Å²) in [6.07, 6.45) is 0.510. The van der Waals surface area contributed by atoms with Crippen molar-refractivity contribution in [2.24, 2.45) is 0 Å². The van der Waals surface area contributed by atoms with Gasteiger partial charge in [0.1, 0.15) is 0 Å². The number of benzene rings is 2. The molecule has 6 heteroatoms. The Morgan fingerprint density at radius 3 is 2.25 bits per heavy atom. The quantitative estimate of drug-likeness (QED) is 0.665. The maximum absolute atomic E-state index is 13.5. The van der Waals surface area contributed by atoms with E-state index >= 15 is 0 Å². The number of ether oxygens (including phenoxy) is 2. The molecule has 0 aromatic heterocycles. The van der Waals surface area contributed by atoms with Crippen LogP contribution in [0.15, 0.2) is 54.6 Å². The number of amides is 1. The molecule has 0 aliphatic carbocycles. The van der Waals surface area contributed by atoms with Gasteiger partial charge in [0.2, 0.25) is 0 Å². The van der Waals surface area contributed by atoms with Gasteiger partial charge in [-0.3, -0.25) is 14.6 Å². The van der Waals surface area contributed by atoms with Crippen molar-refractivity contribution >= 4 is 11.6 Å². The van der Waals surface area contributed by atoms with E-state index in [1.54, 1.807) is 0 Å². The smallest absolute Gasteiger partial charge is 0.258 e. The van der Waals surface area contributed by atoms with Crippen LogP contribution in [0.4, 0.5) is 5.69 Å². The maximum atomic E-state index is 13.5. The van der Waals surface area contributed by atoms with Crippen molar-refractivity contribution in [1.29, 1.82) is 0 Å². The van der Waals surface area contributed by atoms with Crippen LogP contribution in [0, 0.1) is 0 Å². The monoisotopic (exact) mass is 437 g/mol. The number of hydrogen-bond donors (Lipinski definition) is 0. The summed E-state index contributed by atoms with van der Waals surface area (Å²) in [6.45, 7) is 11.9. The topological polar surface area (TPSA) is 45.3 Å². The fraction of sp³-hybridized carbons (Fsp3) is 0.500. The van der Waals surface area contributed by atoms with Gasteiger partial charge in [0, 0.05) is 57.1 Å². The predicted molar refractivity (Wildman–Crippen MR) is 127 cm³/mol. The van der Waals surface area contributed by atoms with Crippen LogP contribution in [0.5, 0.6) is 0 Å². The molecule has 1 amide bonds. The van der Waals surface area contributed by atoms with Crippen LogP contribution in [0.2, 0.25) is 0 Å². The van der Waals surface area contributed by atoms with Crippen LogP contribution >= 0.6 is 0 Å². The van der Waals surface area contributed by atoms with Gasteiger partial charge >= 0.3 is 0 Å². The van der Waals surface area contributed by atoms with Crippen LogP contribution in [0.3, 0.4) is 0 Å². The second kappa shape index (κ2) is 11.1. The summed E-state index contributed by atoms with van der Waals surface area (Å²) in [5.74, 6) is 0.0460. The molecule has 2 atom stereocenters. The fourth-order valence-electron chi connectivity index (χ4n) is 4.60. The van der Waals surface area contributed by atoms with Gasteiger partial charge in [-0.1, -0.05) is 30.3 Å². The first-order valence-corrected chi connectivity index (χ1v) is 11.7. The molecule has 4 rings (SSSR count). The zero-order chi connectivity index (χ0) is 22.3. The molecule has 32 heavy (non-hydrogen) atoms. The van der Waals surface area contributed by atoms with Gasteiger partial charge in [0.15, 0.2) is 0 Å². The Balaban J connectivity index is 1.43. The van der Waals surface area contributed by atoms with Crippen molar-refractivity contribution in [3.8, 4) is 0 Å². The lowest BCUT2D eigenvalue weighted by Crippen LogP contribution is -2.44.